The molecule has 8 heteroatoms. The van der Waals surface area contributed by atoms with Gasteiger partial charge in [0, 0.05) is 18.6 Å². The van der Waals surface area contributed by atoms with Gasteiger partial charge in [-0.1, -0.05) is 12.1 Å². The van der Waals surface area contributed by atoms with Gasteiger partial charge in [-0.3, -0.25) is 4.79 Å². The van der Waals surface area contributed by atoms with Gasteiger partial charge in [0.1, 0.15) is 0 Å². The average Bonchev–Trinajstić information content (AvgIpc) is 2.53. The molecule has 0 aliphatic carbocycles. The van der Waals surface area contributed by atoms with Gasteiger partial charge in [0.15, 0.2) is 6.10 Å². The number of benzene rings is 1. The van der Waals surface area contributed by atoms with E-state index in [0.29, 0.717) is 12.0 Å². The van der Waals surface area contributed by atoms with E-state index in [-0.39, 0.29) is 24.5 Å². The third kappa shape index (κ3) is 7.68. The summed E-state index contributed by atoms with van der Waals surface area (Å²) in [4.78, 5) is 26.5. The van der Waals surface area contributed by atoms with Crippen molar-refractivity contribution in [2.24, 2.45) is 0 Å². The minimum atomic E-state index is -3.22. The number of amides is 1. The van der Waals surface area contributed by atoms with Gasteiger partial charge in [0.25, 0.3) is 5.91 Å². The first-order chi connectivity index (χ1) is 12.4. The number of rotatable bonds is 9. The van der Waals surface area contributed by atoms with Gasteiger partial charge in [0.2, 0.25) is 10.0 Å². The fraction of sp³-hybridized carbons (Fsp3) is 0.579. The highest BCUT2D eigenvalue weighted by Crippen LogP contribution is 2.12. The third-order valence-corrected chi connectivity index (χ3v) is 4.69. The first-order valence-corrected chi connectivity index (χ1v) is 10.9. The molecular weight excluding hydrogens is 368 g/mol. The van der Waals surface area contributed by atoms with E-state index in [0.717, 1.165) is 11.8 Å². The lowest BCUT2D eigenvalue weighted by atomic mass is 10.1. The average molecular weight is 399 g/mol. The molecule has 1 amide bonds. The van der Waals surface area contributed by atoms with E-state index in [9.17, 15) is 18.0 Å². The molecule has 0 saturated heterocycles. The molecule has 0 bridgehead atoms. The zero-order valence-electron chi connectivity index (χ0n) is 16.9. The van der Waals surface area contributed by atoms with Gasteiger partial charge in [-0.2, -0.15) is 0 Å². The quantitative estimate of drug-likeness (QED) is 0.642. The van der Waals surface area contributed by atoms with Crippen LogP contribution in [0.5, 0.6) is 0 Å². The van der Waals surface area contributed by atoms with Crippen LogP contribution in [0.1, 0.15) is 50.5 Å². The zero-order chi connectivity index (χ0) is 20.8. The molecule has 1 aromatic rings. The fourth-order valence-electron chi connectivity index (χ4n) is 2.78. The Morgan fingerprint density at radius 3 is 2.00 bits per heavy atom. The van der Waals surface area contributed by atoms with Crippen molar-refractivity contribution in [2.45, 2.75) is 59.2 Å². The molecule has 7 nitrogen and oxygen atoms in total. The maximum atomic E-state index is 12.5. The Morgan fingerprint density at radius 1 is 1.04 bits per heavy atom. The molecule has 0 aliphatic heterocycles. The summed E-state index contributed by atoms with van der Waals surface area (Å²) < 4.78 is 29.8. The lowest BCUT2D eigenvalue weighted by Crippen LogP contribution is -2.47. The topological polar surface area (TPSA) is 92.8 Å². The summed E-state index contributed by atoms with van der Waals surface area (Å²) in [7, 11) is -3.22. The zero-order valence-corrected chi connectivity index (χ0v) is 17.7. The molecule has 27 heavy (non-hydrogen) atoms. The molecule has 0 fully saturated rings. The minimum Gasteiger partial charge on any atom is -0.449 e. The van der Waals surface area contributed by atoms with Crippen molar-refractivity contribution in [2.75, 3.05) is 12.8 Å². The molecule has 1 rings (SSSR count). The van der Waals surface area contributed by atoms with Crippen molar-refractivity contribution in [1.29, 1.82) is 0 Å². The molecule has 0 radical (unpaired) electrons. The number of hydrogen-bond acceptors (Lipinski definition) is 5. The number of carbonyl (C=O) groups is 2. The van der Waals surface area contributed by atoms with Crippen LogP contribution in [0, 0.1) is 0 Å². The van der Waals surface area contributed by atoms with Gasteiger partial charge in [-0.25, -0.2) is 17.9 Å². The molecule has 0 aliphatic rings. The summed E-state index contributed by atoms with van der Waals surface area (Å²) in [5.41, 5.74) is 1.23. The highest BCUT2D eigenvalue weighted by atomic mass is 32.2. The van der Waals surface area contributed by atoms with Crippen LogP contribution in [0.25, 0.3) is 0 Å². The second-order valence-electron chi connectivity index (χ2n) is 7.09. The Morgan fingerprint density at radius 2 is 1.56 bits per heavy atom. The molecule has 0 aromatic heterocycles. The van der Waals surface area contributed by atoms with Crippen LogP contribution in [0.3, 0.4) is 0 Å². The molecule has 1 aromatic carbocycles. The van der Waals surface area contributed by atoms with E-state index in [1.54, 1.807) is 36.1 Å². The van der Waals surface area contributed by atoms with Crippen molar-refractivity contribution in [1.82, 2.24) is 9.62 Å². The van der Waals surface area contributed by atoms with Crippen molar-refractivity contribution in [3.63, 3.8) is 0 Å². The van der Waals surface area contributed by atoms with Crippen molar-refractivity contribution in [3.8, 4) is 0 Å². The standard InChI is InChI=1S/C19H30N2O5S/c1-13(2)21(14(3)4)18(22)15(5)26-19(23)17-9-7-16(8-10-17)11-12-20-27(6,24)25/h7-10,13-15,20H,11-12H2,1-6H3/t15-/m1/s1. The highest BCUT2D eigenvalue weighted by Gasteiger charge is 2.27. The number of esters is 1. The molecule has 0 unspecified atom stereocenters. The molecule has 0 heterocycles. The summed E-state index contributed by atoms with van der Waals surface area (Å²) >= 11 is 0. The maximum Gasteiger partial charge on any atom is 0.338 e. The fourth-order valence-corrected chi connectivity index (χ4v) is 3.26. The van der Waals surface area contributed by atoms with E-state index in [4.69, 9.17) is 4.74 Å². The molecule has 1 atom stereocenters. The van der Waals surface area contributed by atoms with E-state index >= 15 is 0 Å². The number of nitrogens with zero attached hydrogens (tertiary/aromatic N) is 1. The van der Waals surface area contributed by atoms with Crippen molar-refractivity contribution < 1.29 is 22.7 Å². The normalized spacial score (nSPS) is 12.9. The largest absolute Gasteiger partial charge is 0.449 e. The molecule has 0 spiro atoms. The molecule has 0 saturated carbocycles. The van der Waals surface area contributed by atoms with Crippen LogP contribution < -0.4 is 4.72 Å². The molecule has 1 N–H and O–H groups in total. The third-order valence-electron chi connectivity index (χ3n) is 3.97. The van der Waals surface area contributed by atoms with E-state index in [1.807, 2.05) is 27.7 Å². The first-order valence-electron chi connectivity index (χ1n) is 8.99. The number of ether oxygens (including phenoxy) is 1. The lowest BCUT2D eigenvalue weighted by molar-refractivity contribution is -0.143. The van der Waals surface area contributed by atoms with E-state index in [1.165, 1.54) is 0 Å². The van der Waals surface area contributed by atoms with Crippen LogP contribution >= 0.6 is 0 Å². The first kappa shape index (κ1) is 23.1. The summed E-state index contributed by atoms with van der Waals surface area (Å²) in [6.45, 7) is 9.54. The van der Waals surface area contributed by atoms with Crippen molar-refractivity contribution >= 4 is 21.9 Å². The van der Waals surface area contributed by atoms with E-state index < -0.39 is 22.1 Å². The van der Waals surface area contributed by atoms with Crippen molar-refractivity contribution in [3.05, 3.63) is 35.4 Å². The number of hydrogen-bond donors (Lipinski definition) is 1. The Balaban J connectivity index is 2.67. The Hall–Kier alpha value is -1.93. The summed E-state index contributed by atoms with van der Waals surface area (Å²) in [5.74, 6) is -0.791. The van der Waals surface area contributed by atoms with Gasteiger partial charge >= 0.3 is 5.97 Å². The van der Waals surface area contributed by atoms with Gasteiger partial charge in [0.05, 0.1) is 11.8 Å². The van der Waals surface area contributed by atoms with Gasteiger partial charge in [-0.05, 0) is 58.7 Å². The predicted molar refractivity (Wildman–Crippen MR) is 105 cm³/mol. The number of nitrogens with one attached hydrogen (secondary N) is 1. The van der Waals surface area contributed by atoms with Gasteiger partial charge < -0.3 is 9.64 Å². The number of carbonyl (C=O) groups excluding carboxylic acids is 2. The second kappa shape index (κ2) is 9.85. The smallest absolute Gasteiger partial charge is 0.338 e. The molecular formula is C19H30N2O5S. The molecule has 152 valence electrons. The summed E-state index contributed by atoms with van der Waals surface area (Å²) in [6.07, 6.45) is 0.740. The van der Waals surface area contributed by atoms with Gasteiger partial charge in [-0.15, -0.1) is 0 Å². The SMILES string of the molecule is CC(C)N(C(=O)[C@@H](C)OC(=O)c1ccc(CCNS(C)(=O)=O)cc1)C(C)C. The summed E-state index contributed by atoms with van der Waals surface area (Å²) in [5, 5.41) is 0. The Labute approximate surface area is 162 Å². The van der Waals surface area contributed by atoms with E-state index in [2.05, 4.69) is 4.72 Å². The van der Waals surface area contributed by atoms with Crippen LogP contribution in [0.4, 0.5) is 0 Å². The maximum absolute atomic E-state index is 12.5. The van der Waals surface area contributed by atoms with Crippen LogP contribution in [-0.4, -0.2) is 56.2 Å². The monoisotopic (exact) mass is 398 g/mol. The Kier molecular flexibility index (Phi) is 8.43. The Bertz CT molecular complexity index is 734. The lowest BCUT2D eigenvalue weighted by Gasteiger charge is -2.32. The van der Waals surface area contributed by atoms with Crippen LogP contribution in [0.15, 0.2) is 24.3 Å². The highest BCUT2D eigenvalue weighted by molar-refractivity contribution is 7.88. The van der Waals surface area contributed by atoms with Crippen LogP contribution in [-0.2, 0) is 26.0 Å². The number of sulfonamides is 1. The predicted octanol–water partition coefficient (Wildman–Crippen LogP) is 1.97. The minimum absolute atomic E-state index is 0.0125. The van der Waals surface area contributed by atoms with Crippen LogP contribution in [0.2, 0.25) is 0 Å². The second-order valence-corrected chi connectivity index (χ2v) is 8.93. The summed E-state index contributed by atoms with van der Waals surface area (Å²) in [6, 6.07) is 6.72.